The van der Waals surface area contributed by atoms with Gasteiger partial charge in [0.2, 0.25) is 10.0 Å². The highest BCUT2D eigenvalue weighted by molar-refractivity contribution is 7.89. The highest BCUT2D eigenvalue weighted by Crippen LogP contribution is 2.22. The van der Waals surface area contributed by atoms with Crippen molar-refractivity contribution in [2.24, 2.45) is 5.92 Å². The normalized spacial score (nSPS) is 12.1. The third kappa shape index (κ3) is 4.26. The fourth-order valence-electron chi connectivity index (χ4n) is 2.23. The van der Waals surface area contributed by atoms with Gasteiger partial charge < -0.3 is 0 Å². The predicted octanol–water partition coefficient (Wildman–Crippen LogP) is 2.79. The van der Waals surface area contributed by atoms with Gasteiger partial charge in [-0.3, -0.25) is 0 Å². The summed E-state index contributed by atoms with van der Waals surface area (Å²) in [5.41, 5.74) is 0.215. The van der Waals surface area contributed by atoms with E-state index < -0.39 is 10.0 Å². The Morgan fingerprint density at radius 1 is 1.29 bits per heavy atom. The summed E-state index contributed by atoms with van der Waals surface area (Å²) in [5, 5.41) is 8.75. The number of aromatic nitrogens is 1. The molecule has 21 heavy (non-hydrogen) atoms. The number of hydrogen-bond donors (Lipinski definition) is 0. The molecule has 0 saturated carbocycles. The van der Waals surface area contributed by atoms with E-state index in [0.29, 0.717) is 6.54 Å². The van der Waals surface area contributed by atoms with Crippen LogP contribution in [0.5, 0.6) is 0 Å². The molecule has 116 valence electrons. The Hall–Kier alpha value is -1.45. The minimum atomic E-state index is -3.58. The van der Waals surface area contributed by atoms with E-state index in [0.717, 1.165) is 12.8 Å². The Balaban J connectivity index is 3.22. The van der Waals surface area contributed by atoms with Gasteiger partial charge in [-0.05, 0) is 30.9 Å². The van der Waals surface area contributed by atoms with Crippen molar-refractivity contribution in [3.8, 4) is 6.07 Å². The molecule has 1 aromatic heterocycles. The summed E-state index contributed by atoms with van der Waals surface area (Å²) in [6, 6.07) is 4.77. The third-order valence-electron chi connectivity index (χ3n) is 3.35. The first-order chi connectivity index (χ1) is 9.86. The second kappa shape index (κ2) is 7.53. The average molecular weight is 309 g/mol. The van der Waals surface area contributed by atoms with Crippen LogP contribution in [0.15, 0.2) is 23.2 Å². The van der Waals surface area contributed by atoms with Crippen LogP contribution in [0.1, 0.15) is 46.2 Å². The first kappa shape index (κ1) is 17.6. The molecule has 0 N–H and O–H groups in total. The second-order valence-corrected chi connectivity index (χ2v) is 7.32. The Kier molecular flexibility index (Phi) is 6.31. The fourth-order valence-corrected chi connectivity index (χ4v) is 4.12. The van der Waals surface area contributed by atoms with Gasteiger partial charge >= 0.3 is 0 Å². The molecule has 5 nitrogen and oxygen atoms in total. The van der Waals surface area contributed by atoms with Gasteiger partial charge in [-0.15, -0.1) is 0 Å². The average Bonchev–Trinajstić information content (AvgIpc) is 2.47. The molecule has 0 aliphatic rings. The number of pyridine rings is 1. The lowest BCUT2D eigenvalue weighted by atomic mass is 10.1. The molecule has 0 amide bonds. The minimum Gasteiger partial charge on any atom is -0.244 e. The van der Waals surface area contributed by atoms with E-state index in [4.69, 9.17) is 5.26 Å². The maximum atomic E-state index is 12.8. The molecule has 1 heterocycles. The molecule has 1 aromatic rings. The van der Waals surface area contributed by atoms with E-state index in [2.05, 4.69) is 4.98 Å². The molecule has 0 bridgehead atoms. The molecule has 0 aromatic carbocycles. The van der Waals surface area contributed by atoms with Crippen molar-refractivity contribution in [2.75, 3.05) is 6.54 Å². The summed E-state index contributed by atoms with van der Waals surface area (Å²) < 4.78 is 27.2. The lowest BCUT2D eigenvalue weighted by molar-refractivity contribution is 0.277. The molecular weight excluding hydrogens is 286 g/mol. The maximum Gasteiger partial charge on any atom is 0.244 e. The molecule has 0 aliphatic carbocycles. The SMILES string of the molecule is CCC(CC)N(CC(C)C)S(=O)(=O)c1ccc(C#N)nc1. The molecule has 0 radical (unpaired) electrons. The first-order valence-corrected chi connectivity index (χ1v) is 8.68. The maximum absolute atomic E-state index is 12.8. The third-order valence-corrected chi connectivity index (χ3v) is 5.25. The van der Waals surface area contributed by atoms with E-state index in [1.165, 1.54) is 18.3 Å². The van der Waals surface area contributed by atoms with Crippen molar-refractivity contribution in [3.05, 3.63) is 24.0 Å². The van der Waals surface area contributed by atoms with Crippen molar-refractivity contribution in [3.63, 3.8) is 0 Å². The highest BCUT2D eigenvalue weighted by atomic mass is 32.2. The monoisotopic (exact) mass is 309 g/mol. The molecule has 0 spiro atoms. The molecule has 6 heteroatoms. The van der Waals surface area contributed by atoms with E-state index in [1.54, 1.807) is 4.31 Å². The van der Waals surface area contributed by atoms with Crippen molar-refractivity contribution in [1.82, 2.24) is 9.29 Å². The zero-order valence-corrected chi connectivity index (χ0v) is 13.9. The van der Waals surface area contributed by atoms with Gasteiger partial charge in [-0.2, -0.15) is 9.57 Å². The lowest BCUT2D eigenvalue weighted by Crippen LogP contribution is -2.42. The van der Waals surface area contributed by atoms with Crippen LogP contribution in [0, 0.1) is 17.2 Å². The van der Waals surface area contributed by atoms with Crippen molar-refractivity contribution < 1.29 is 8.42 Å². The zero-order chi connectivity index (χ0) is 16.0. The number of sulfonamides is 1. The van der Waals surface area contributed by atoms with Crippen molar-refractivity contribution in [1.29, 1.82) is 5.26 Å². The smallest absolute Gasteiger partial charge is 0.244 e. The number of nitrogens with zero attached hydrogens (tertiary/aromatic N) is 3. The molecule has 1 rings (SSSR count). The molecule has 0 fully saturated rings. The summed E-state index contributed by atoms with van der Waals surface area (Å²) >= 11 is 0. The standard InChI is InChI=1S/C15H23N3O2S/c1-5-14(6-2)18(11-12(3)4)21(19,20)15-8-7-13(9-16)17-10-15/h7-8,10,12,14H,5-6,11H2,1-4H3. The van der Waals surface area contributed by atoms with Gasteiger partial charge in [0.25, 0.3) is 0 Å². The molecule has 0 unspecified atom stereocenters. The van der Waals surface area contributed by atoms with Crippen LogP contribution in [-0.2, 0) is 10.0 Å². The second-order valence-electron chi connectivity index (χ2n) is 5.43. The van der Waals surface area contributed by atoms with Crippen LogP contribution in [0.25, 0.3) is 0 Å². The molecule has 0 aliphatic heterocycles. The molecule has 0 saturated heterocycles. The van der Waals surface area contributed by atoms with E-state index >= 15 is 0 Å². The van der Waals surface area contributed by atoms with Crippen LogP contribution < -0.4 is 0 Å². The zero-order valence-electron chi connectivity index (χ0n) is 13.1. The topological polar surface area (TPSA) is 74.1 Å². The first-order valence-electron chi connectivity index (χ1n) is 7.24. The van der Waals surface area contributed by atoms with Crippen LogP contribution in [0.2, 0.25) is 0 Å². The van der Waals surface area contributed by atoms with Gasteiger partial charge in [0.15, 0.2) is 0 Å². The summed E-state index contributed by atoms with van der Waals surface area (Å²) in [7, 11) is -3.58. The van der Waals surface area contributed by atoms with Crippen LogP contribution in [0.3, 0.4) is 0 Å². The summed E-state index contributed by atoms with van der Waals surface area (Å²) in [5.74, 6) is 0.242. The van der Waals surface area contributed by atoms with E-state index in [1.807, 2.05) is 33.8 Å². The Bertz CT molecular complexity index is 584. The fraction of sp³-hybridized carbons (Fsp3) is 0.600. The van der Waals surface area contributed by atoms with Crippen molar-refractivity contribution >= 4 is 10.0 Å². The predicted molar refractivity (Wildman–Crippen MR) is 82.1 cm³/mol. The molecule has 0 atom stereocenters. The quantitative estimate of drug-likeness (QED) is 0.776. The number of nitriles is 1. The number of rotatable bonds is 7. The van der Waals surface area contributed by atoms with Gasteiger partial charge in [0.1, 0.15) is 16.7 Å². The molecular formula is C15H23N3O2S. The van der Waals surface area contributed by atoms with Gasteiger partial charge in [-0.25, -0.2) is 13.4 Å². The largest absolute Gasteiger partial charge is 0.244 e. The highest BCUT2D eigenvalue weighted by Gasteiger charge is 2.30. The van der Waals surface area contributed by atoms with Crippen LogP contribution >= 0.6 is 0 Å². The summed E-state index contributed by atoms with van der Waals surface area (Å²) in [6.07, 6.45) is 2.81. The minimum absolute atomic E-state index is 0.0203. The van der Waals surface area contributed by atoms with E-state index in [9.17, 15) is 8.42 Å². The summed E-state index contributed by atoms with van der Waals surface area (Å²) in [4.78, 5) is 4.02. The van der Waals surface area contributed by atoms with E-state index in [-0.39, 0.29) is 22.5 Å². The van der Waals surface area contributed by atoms with Crippen LogP contribution in [0.4, 0.5) is 0 Å². The summed E-state index contributed by atoms with van der Waals surface area (Å²) in [6.45, 7) is 8.47. The lowest BCUT2D eigenvalue weighted by Gasteiger charge is -2.30. The van der Waals surface area contributed by atoms with Crippen molar-refractivity contribution in [2.45, 2.75) is 51.5 Å². The Morgan fingerprint density at radius 2 is 1.90 bits per heavy atom. The Morgan fingerprint density at radius 3 is 2.29 bits per heavy atom. The number of hydrogen-bond acceptors (Lipinski definition) is 4. The Labute approximate surface area is 127 Å². The van der Waals surface area contributed by atoms with Gasteiger partial charge in [0, 0.05) is 18.8 Å². The van der Waals surface area contributed by atoms with Gasteiger partial charge in [-0.1, -0.05) is 27.7 Å². The van der Waals surface area contributed by atoms with Crippen LogP contribution in [-0.4, -0.2) is 30.3 Å². The van der Waals surface area contributed by atoms with Gasteiger partial charge in [0.05, 0.1) is 0 Å².